The van der Waals surface area contributed by atoms with E-state index in [9.17, 15) is 14.7 Å². The third-order valence-corrected chi connectivity index (χ3v) is 5.62. The fourth-order valence-corrected chi connectivity index (χ4v) is 3.68. The average Bonchev–Trinajstić information content (AvgIpc) is 2.93. The first-order valence-electron chi connectivity index (χ1n) is 11.8. The highest BCUT2D eigenvalue weighted by atomic mass is 16.3. The van der Waals surface area contributed by atoms with E-state index in [1.165, 1.54) is 12.4 Å². The zero-order valence-corrected chi connectivity index (χ0v) is 20.6. The minimum atomic E-state index is -0.837. The molecular formula is C28H28N6O3. The Kier molecular flexibility index (Phi) is 8.17. The predicted molar refractivity (Wildman–Crippen MR) is 142 cm³/mol. The number of nitrogens with one attached hydrogen (secondary N) is 2. The van der Waals surface area contributed by atoms with E-state index in [0.717, 1.165) is 5.56 Å². The Balaban J connectivity index is 1.39. The van der Waals surface area contributed by atoms with E-state index in [-0.39, 0.29) is 24.8 Å². The Hall–Kier alpha value is -4.63. The quantitative estimate of drug-likeness (QED) is 0.323. The van der Waals surface area contributed by atoms with Crippen LogP contribution in [0.25, 0.3) is 11.3 Å². The smallest absolute Gasteiger partial charge is 0.257 e. The third kappa shape index (κ3) is 6.53. The Morgan fingerprint density at radius 2 is 1.78 bits per heavy atom. The first kappa shape index (κ1) is 25.5. The van der Waals surface area contributed by atoms with Crippen molar-refractivity contribution in [3.8, 4) is 11.3 Å². The lowest BCUT2D eigenvalue weighted by molar-refractivity contribution is 0.0941. The molecule has 3 N–H and O–H groups in total. The molecule has 0 saturated heterocycles. The van der Waals surface area contributed by atoms with Gasteiger partial charge in [-0.2, -0.15) is 0 Å². The standard InChI is InChI=1S/C28H28N6O3/c1-34(2)28-31-18-23(25(33-28)19-8-4-3-5-9-19)27(37)30-15-13-24(35)20-10-6-12-22(16-20)32-26(36)21-11-7-14-29-17-21/h3-12,14,16-18,24,35H,13,15H2,1-2H3,(H,30,37)(H,32,36). The molecule has 4 aromatic rings. The number of benzene rings is 2. The first-order chi connectivity index (χ1) is 17.9. The second-order valence-electron chi connectivity index (χ2n) is 8.57. The highest BCUT2D eigenvalue weighted by Crippen LogP contribution is 2.24. The molecule has 188 valence electrons. The SMILES string of the molecule is CN(C)c1ncc(C(=O)NCCC(O)c2cccc(NC(=O)c3cccnc3)c2)c(-c2ccccc2)n1. The average molecular weight is 497 g/mol. The van der Waals surface area contributed by atoms with Crippen molar-refractivity contribution in [2.45, 2.75) is 12.5 Å². The molecule has 0 radical (unpaired) electrons. The fourth-order valence-electron chi connectivity index (χ4n) is 3.68. The van der Waals surface area contributed by atoms with Gasteiger partial charge in [0.25, 0.3) is 11.8 Å². The van der Waals surface area contributed by atoms with Gasteiger partial charge >= 0.3 is 0 Å². The van der Waals surface area contributed by atoms with E-state index in [1.54, 1.807) is 47.5 Å². The lowest BCUT2D eigenvalue weighted by Crippen LogP contribution is -2.27. The van der Waals surface area contributed by atoms with Crippen LogP contribution in [0.1, 0.15) is 38.8 Å². The number of aliphatic hydroxyl groups is 1. The molecule has 2 aromatic heterocycles. The molecule has 0 spiro atoms. The molecule has 0 aliphatic heterocycles. The van der Waals surface area contributed by atoms with Crippen LogP contribution in [0.4, 0.5) is 11.6 Å². The van der Waals surface area contributed by atoms with Gasteiger partial charge in [-0.15, -0.1) is 0 Å². The first-order valence-corrected chi connectivity index (χ1v) is 11.8. The summed E-state index contributed by atoms with van der Waals surface area (Å²) < 4.78 is 0. The molecule has 37 heavy (non-hydrogen) atoms. The van der Waals surface area contributed by atoms with Gasteiger partial charge in [0.15, 0.2) is 0 Å². The zero-order valence-electron chi connectivity index (χ0n) is 20.6. The number of carbonyl (C=O) groups is 2. The number of amides is 2. The maximum Gasteiger partial charge on any atom is 0.257 e. The van der Waals surface area contributed by atoms with Crippen LogP contribution in [0.2, 0.25) is 0 Å². The molecule has 0 aliphatic rings. The van der Waals surface area contributed by atoms with Crippen LogP contribution >= 0.6 is 0 Å². The highest BCUT2D eigenvalue weighted by molar-refractivity contribution is 6.04. The summed E-state index contributed by atoms with van der Waals surface area (Å²) in [5, 5.41) is 16.4. The predicted octanol–water partition coefficient (Wildman–Crippen LogP) is 3.71. The van der Waals surface area contributed by atoms with Crippen molar-refractivity contribution in [2.75, 3.05) is 30.9 Å². The summed E-state index contributed by atoms with van der Waals surface area (Å²) in [5.41, 5.74) is 3.32. The molecule has 1 atom stereocenters. The number of pyridine rings is 1. The van der Waals surface area contributed by atoms with Crippen molar-refractivity contribution in [3.05, 3.63) is 102 Å². The van der Waals surface area contributed by atoms with Gasteiger partial charge in [-0.1, -0.05) is 42.5 Å². The van der Waals surface area contributed by atoms with Gasteiger partial charge in [0.05, 0.1) is 22.9 Å². The summed E-state index contributed by atoms with van der Waals surface area (Å²) in [7, 11) is 3.68. The molecule has 1 unspecified atom stereocenters. The molecule has 9 nitrogen and oxygen atoms in total. The number of rotatable bonds is 9. The van der Waals surface area contributed by atoms with E-state index in [1.807, 2.05) is 44.4 Å². The maximum absolute atomic E-state index is 13.0. The van der Waals surface area contributed by atoms with Crippen molar-refractivity contribution in [2.24, 2.45) is 0 Å². The summed E-state index contributed by atoms with van der Waals surface area (Å²) >= 11 is 0. The number of hydrogen-bond donors (Lipinski definition) is 3. The van der Waals surface area contributed by atoms with E-state index < -0.39 is 6.10 Å². The Morgan fingerprint density at radius 3 is 2.51 bits per heavy atom. The topological polar surface area (TPSA) is 120 Å². The van der Waals surface area contributed by atoms with E-state index in [0.29, 0.717) is 34.0 Å². The number of carbonyl (C=O) groups excluding carboxylic acids is 2. The number of nitrogens with zero attached hydrogens (tertiary/aromatic N) is 4. The lowest BCUT2D eigenvalue weighted by atomic mass is 10.0. The Labute approximate surface area is 215 Å². The van der Waals surface area contributed by atoms with Gasteiger partial charge in [-0.25, -0.2) is 9.97 Å². The monoisotopic (exact) mass is 496 g/mol. The van der Waals surface area contributed by atoms with Crippen molar-refractivity contribution >= 4 is 23.5 Å². The van der Waals surface area contributed by atoms with Crippen molar-refractivity contribution in [3.63, 3.8) is 0 Å². The van der Waals surface area contributed by atoms with E-state index >= 15 is 0 Å². The molecule has 9 heteroatoms. The van der Waals surface area contributed by atoms with E-state index in [2.05, 4.69) is 25.6 Å². The minimum absolute atomic E-state index is 0.232. The summed E-state index contributed by atoms with van der Waals surface area (Å²) in [5.74, 6) is -0.112. The van der Waals surface area contributed by atoms with Gasteiger partial charge in [0.1, 0.15) is 0 Å². The highest BCUT2D eigenvalue weighted by Gasteiger charge is 2.18. The normalized spacial score (nSPS) is 11.4. The van der Waals surface area contributed by atoms with Crippen molar-refractivity contribution < 1.29 is 14.7 Å². The molecule has 0 fully saturated rings. The van der Waals surface area contributed by atoms with Crippen LogP contribution in [0.3, 0.4) is 0 Å². The number of aliphatic hydroxyl groups excluding tert-OH is 1. The van der Waals surface area contributed by atoms with Crippen LogP contribution in [0.5, 0.6) is 0 Å². The molecular weight excluding hydrogens is 468 g/mol. The molecule has 2 heterocycles. The van der Waals surface area contributed by atoms with Gasteiger partial charge < -0.3 is 20.6 Å². The number of aromatic nitrogens is 3. The van der Waals surface area contributed by atoms with Gasteiger partial charge in [0.2, 0.25) is 5.95 Å². The van der Waals surface area contributed by atoms with Gasteiger partial charge in [0, 0.05) is 50.5 Å². The second kappa shape index (κ2) is 11.9. The summed E-state index contributed by atoms with van der Waals surface area (Å²) in [6, 6.07) is 19.8. The molecule has 2 amide bonds. The van der Waals surface area contributed by atoms with Crippen LogP contribution in [-0.2, 0) is 0 Å². The lowest BCUT2D eigenvalue weighted by Gasteiger charge is -2.16. The van der Waals surface area contributed by atoms with E-state index in [4.69, 9.17) is 0 Å². The third-order valence-electron chi connectivity index (χ3n) is 5.62. The van der Waals surface area contributed by atoms with Gasteiger partial charge in [-0.05, 0) is 36.2 Å². The number of hydrogen-bond acceptors (Lipinski definition) is 7. The Morgan fingerprint density at radius 1 is 0.973 bits per heavy atom. The van der Waals surface area contributed by atoms with Crippen LogP contribution < -0.4 is 15.5 Å². The van der Waals surface area contributed by atoms with Crippen LogP contribution in [0.15, 0.2) is 85.3 Å². The molecule has 0 saturated carbocycles. The maximum atomic E-state index is 13.0. The summed E-state index contributed by atoms with van der Waals surface area (Å²) in [6.07, 6.45) is 4.05. The summed E-state index contributed by atoms with van der Waals surface area (Å²) in [6.45, 7) is 0.232. The van der Waals surface area contributed by atoms with Crippen molar-refractivity contribution in [1.29, 1.82) is 0 Å². The Bertz CT molecular complexity index is 1360. The number of anilines is 2. The largest absolute Gasteiger partial charge is 0.388 e. The van der Waals surface area contributed by atoms with Crippen LogP contribution in [0, 0.1) is 0 Å². The fraction of sp³-hybridized carbons (Fsp3) is 0.179. The van der Waals surface area contributed by atoms with Gasteiger partial charge in [-0.3, -0.25) is 14.6 Å². The zero-order chi connectivity index (χ0) is 26.2. The second-order valence-corrected chi connectivity index (χ2v) is 8.57. The van der Waals surface area contributed by atoms with Crippen LogP contribution in [-0.4, -0.2) is 52.5 Å². The molecule has 0 bridgehead atoms. The molecule has 4 rings (SSSR count). The molecule has 0 aliphatic carbocycles. The molecule has 2 aromatic carbocycles. The summed E-state index contributed by atoms with van der Waals surface area (Å²) in [4.78, 5) is 40.0. The minimum Gasteiger partial charge on any atom is -0.388 e. The van der Waals surface area contributed by atoms with Crippen molar-refractivity contribution in [1.82, 2.24) is 20.3 Å².